The maximum absolute atomic E-state index is 10.8. The summed E-state index contributed by atoms with van der Waals surface area (Å²) < 4.78 is 1.66. The first-order valence-corrected chi connectivity index (χ1v) is 4.37. The van der Waals surface area contributed by atoms with Gasteiger partial charge < -0.3 is 10.3 Å². The van der Waals surface area contributed by atoms with Gasteiger partial charge in [-0.15, -0.1) is 0 Å². The highest BCUT2D eigenvalue weighted by Gasteiger charge is 2.12. The number of fused-ring (bicyclic) bond motifs is 1. The van der Waals surface area contributed by atoms with Crippen LogP contribution in [0.1, 0.15) is 10.4 Å². The lowest BCUT2D eigenvalue weighted by Gasteiger charge is -1.96. The van der Waals surface area contributed by atoms with Gasteiger partial charge in [0, 0.05) is 18.6 Å². The van der Waals surface area contributed by atoms with Crippen molar-refractivity contribution in [3.05, 3.63) is 22.8 Å². The average molecular weight is 210 g/mol. The summed E-state index contributed by atoms with van der Waals surface area (Å²) in [6.45, 7) is 0. The topological polar surface area (TPSA) is 60.9 Å². The number of aryl methyl sites for hydroxylation is 1. The van der Waals surface area contributed by atoms with E-state index in [-0.39, 0.29) is 0 Å². The summed E-state index contributed by atoms with van der Waals surface area (Å²) in [6, 6.07) is 1.68. The number of pyridine rings is 1. The second-order valence-electron chi connectivity index (χ2n) is 3.00. The van der Waals surface area contributed by atoms with Crippen molar-refractivity contribution in [2.45, 2.75) is 0 Å². The highest BCUT2D eigenvalue weighted by Crippen LogP contribution is 2.26. The molecule has 4 nitrogen and oxygen atoms in total. The zero-order valence-electron chi connectivity index (χ0n) is 7.49. The van der Waals surface area contributed by atoms with E-state index in [0.717, 1.165) is 6.29 Å². The van der Waals surface area contributed by atoms with Crippen molar-refractivity contribution < 1.29 is 4.79 Å². The summed E-state index contributed by atoms with van der Waals surface area (Å²) in [5, 5.41) is 1.18. The summed E-state index contributed by atoms with van der Waals surface area (Å²) in [4.78, 5) is 14.9. The van der Waals surface area contributed by atoms with Gasteiger partial charge in [-0.2, -0.15) is 0 Å². The van der Waals surface area contributed by atoms with Crippen molar-refractivity contribution >= 4 is 34.7 Å². The smallest absolute Gasteiger partial charge is 0.154 e. The van der Waals surface area contributed by atoms with Crippen LogP contribution in [0.3, 0.4) is 0 Å². The van der Waals surface area contributed by atoms with Crippen LogP contribution in [0.15, 0.2) is 12.3 Å². The van der Waals surface area contributed by atoms with Crippen LogP contribution in [0.5, 0.6) is 0 Å². The Bertz CT molecular complexity index is 518. The van der Waals surface area contributed by atoms with Gasteiger partial charge in [-0.05, 0) is 6.07 Å². The minimum atomic E-state index is 0.407. The summed E-state index contributed by atoms with van der Waals surface area (Å²) in [5.41, 5.74) is 6.83. The van der Waals surface area contributed by atoms with Crippen molar-refractivity contribution in [2.75, 3.05) is 5.73 Å². The summed E-state index contributed by atoms with van der Waals surface area (Å²) >= 11 is 5.78. The molecule has 2 heterocycles. The molecule has 0 aliphatic carbocycles. The van der Waals surface area contributed by atoms with E-state index in [1.807, 2.05) is 0 Å². The Morgan fingerprint density at radius 1 is 1.64 bits per heavy atom. The number of nitrogen functional groups attached to an aromatic ring is 1. The standard InChI is InChI=1S/C9H8ClN3O/c1-13-8(11)7(4-14)6-2-5(10)3-12-9(6)13/h2-4H,11H2,1H3. The fourth-order valence-electron chi connectivity index (χ4n) is 1.45. The molecule has 0 saturated carbocycles. The van der Waals surface area contributed by atoms with Gasteiger partial charge in [-0.1, -0.05) is 11.6 Å². The largest absolute Gasteiger partial charge is 0.384 e. The Balaban J connectivity index is 2.96. The molecule has 0 bridgehead atoms. The van der Waals surface area contributed by atoms with Crippen molar-refractivity contribution in [2.24, 2.45) is 7.05 Å². The van der Waals surface area contributed by atoms with Crippen LogP contribution < -0.4 is 5.73 Å². The third-order valence-corrected chi connectivity index (χ3v) is 2.40. The van der Waals surface area contributed by atoms with Gasteiger partial charge in [0.2, 0.25) is 0 Å². The molecular weight excluding hydrogens is 202 g/mol. The van der Waals surface area contributed by atoms with Crippen molar-refractivity contribution in [3.8, 4) is 0 Å². The number of rotatable bonds is 1. The lowest BCUT2D eigenvalue weighted by molar-refractivity contribution is 0.112. The van der Waals surface area contributed by atoms with Gasteiger partial charge >= 0.3 is 0 Å². The lowest BCUT2D eigenvalue weighted by atomic mass is 10.2. The SMILES string of the molecule is Cn1c(N)c(C=O)c2cc(Cl)cnc21. The Morgan fingerprint density at radius 3 is 3.00 bits per heavy atom. The van der Waals surface area contributed by atoms with Crippen LogP contribution in [0, 0.1) is 0 Å². The normalized spacial score (nSPS) is 10.7. The van der Waals surface area contributed by atoms with E-state index in [9.17, 15) is 4.79 Å². The van der Waals surface area contributed by atoms with Crippen molar-refractivity contribution in [1.29, 1.82) is 0 Å². The van der Waals surface area contributed by atoms with E-state index < -0.39 is 0 Å². The molecule has 0 aliphatic heterocycles. The molecule has 0 aromatic carbocycles. The second-order valence-corrected chi connectivity index (χ2v) is 3.44. The zero-order chi connectivity index (χ0) is 10.3. The molecule has 14 heavy (non-hydrogen) atoms. The number of aldehydes is 1. The number of hydrogen-bond donors (Lipinski definition) is 1. The number of carbonyl (C=O) groups excluding carboxylic acids is 1. The van der Waals surface area contributed by atoms with Gasteiger partial charge in [0.1, 0.15) is 11.5 Å². The Hall–Kier alpha value is -1.55. The van der Waals surface area contributed by atoms with Crippen LogP contribution in [-0.4, -0.2) is 15.8 Å². The molecule has 2 N–H and O–H groups in total. The molecule has 0 spiro atoms. The quantitative estimate of drug-likeness (QED) is 0.726. The van der Waals surface area contributed by atoms with E-state index in [4.69, 9.17) is 17.3 Å². The van der Waals surface area contributed by atoms with E-state index in [1.54, 1.807) is 17.7 Å². The molecule has 0 radical (unpaired) electrons. The van der Waals surface area contributed by atoms with Gasteiger partial charge in [-0.3, -0.25) is 4.79 Å². The fourth-order valence-corrected chi connectivity index (χ4v) is 1.61. The number of aromatic nitrogens is 2. The summed E-state index contributed by atoms with van der Waals surface area (Å²) in [5.74, 6) is 0.407. The van der Waals surface area contributed by atoms with Crippen LogP contribution in [0.25, 0.3) is 11.0 Å². The molecule has 2 aromatic heterocycles. The van der Waals surface area contributed by atoms with Crippen LogP contribution >= 0.6 is 11.6 Å². The summed E-state index contributed by atoms with van der Waals surface area (Å²) in [6.07, 6.45) is 2.24. The Morgan fingerprint density at radius 2 is 2.36 bits per heavy atom. The third kappa shape index (κ3) is 1.08. The number of anilines is 1. The number of carbonyl (C=O) groups is 1. The highest BCUT2D eigenvalue weighted by molar-refractivity contribution is 6.31. The minimum absolute atomic E-state index is 0.407. The fraction of sp³-hybridized carbons (Fsp3) is 0.111. The van der Waals surface area contributed by atoms with Gasteiger partial charge in [0.25, 0.3) is 0 Å². The van der Waals surface area contributed by atoms with Crippen LogP contribution in [-0.2, 0) is 7.05 Å². The summed E-state index contributed by atoms with van der Waals surface area (Å²) in [7, 11) is 1.76. The first-order chi connectivity index (χ1) is 6.65. The number of nitrogens with two attached hydrogens (primary N) is 1. The first-order valence-electron chi connectivity index (χ1n) is 3.99. The van der Waals surface area contributed by atoms with Gasteiger partial charge in [0.05, 0.1) is 10.6 Å². The minimum Gasteiger partial charge on any atom is -0.384 e. The molecule has 72 valence electrons. The van der Waals surface area contributed by atoms with E-state index in [1.165, 1.54) is 6.20 Å². The van der Waals surface area contributed by atoms with Crippen molar-refractivity contribution in [3.63, 3.8) is 0 Å². The predicted molar refractivity (Wildman–Crippen MR) is 55.5 cm³/mol. The highest BCUT2D eigenvalue weighted by atomic mass is 35.5. The average Bonchev–Trinajstić information content (AvgIpc) is 2.39. The molecule has 0 aliphatic rings. The molecular formula is C9H8ClN3O. The zero-order valence-corrected chi connectivity index (χ0v) is 8.25. The molecule has 0 saturated heterocycles. The predicted octanol–water partition coefficient (Wildman–Crippen LogP) is 1.62. The molecule has 0 amide bonds. The molecule has 2 aromatic rings. The first kappa shape index (κ1) is 9.02. The van der Waals surface area contributed by atoms with E-state index in [2.05, 4.69) is 4.98 Å². The van der Waals surface area contributed by atoms with Gasteiger partial charge in [-0.25, -0.2) is 4.98 Å². The van der Waals surface area contributed by atoms with E-state index >= 15 is 0 Å². The van der Waals surface area contributed by atoms with Crippen molar-refractivity contribution in [1.82, 2.24) is 9.55 Å². The Labute approximate surface area is 85.3 Å². The molecule has 2 rings (SSSR count). The molecule has 0 fully saturated rings. The second kappa shape index (κ2) is 2.99. The number of halogens is 1. The number of nitrogens with zero attached hydrogens (tertiary/aromatic N) is 2. The Kier molecular flexibility index (Phi) is 1.93. The monoisotopic (exact) mass is 209 g/mol. The lowest BCUT2D eigenvalue weighted by Crippen LogP contribution is -1.98. The molecule has 0 atom stereocenters. The molecule has 5 heteroatoms. The number of hydrogen-bond acceptors (Lipinski definition) is 3. The van der Waals surface area contributed by atoms with Gasteiger partial charge in [0.15, 0.2) is 6.29 Å². The maximum Gasteiger partial charge on any atom is 0.154 e. The van der Waals surface area contributed by atoms with Crippen LogP contribution in [0.2, 0.25) is 5.02 Å². The van der Waals surface area contributed by atoms with E-state index in [0.29, 0.717) is 27.4 Å². The third-order valence-electron chi connectivity index (χ3n) is 2.20. The van der Waals surface area contributed by atoms with Crippen LogP contribution in [0.4, 0.5) is 5.82 Å². The molecule has 0 unspecified atom stereocenters. The maximum atomic E-state index is 10.8.